The molecular weight excluding hydrogens is 316 g/mol. The number of piperidine rings is 1. The van der Waals surface area contributed by atoms with Crippen LogP contribution in [0.25, 0.3) is 0 Å². The Kier molecular flexibility index (Phi) is 4.78. The third-order valence-electron chi connectivity index (χ3n) is 5.87. The maximum Gasteiger partial charge on any atom is 0.255 e. The van der Waals surface area contributed by atoms with Crippen LogP contribution in [-0.2, 0) is 9.47 Å². The van der Waals surface area contributed by atoms with Crippen molar-refractivity contribution in [1.29, 1.82) is 0 Å². The summed E-state index contributed by atoms with van der Waals surface area (Å²) >= 11 is 0. The minimum absolute atomic E-state index is 0.106. The van der Waals surface area contributed by atoms with Crippen LogP contribution in [0, 0.1) is 18.3 Å². The fourth-order valence-electron chi connectivity index (χ4n) is 4.04. The van der Waals surface area contributed by atoms with Crippen molar-refractivity contribution in [2.45, 2.75) is 45.1 Å². The van der Waals surface area contributed by atoms with Crippen LogP contribution in [-0.4, -0.2) is 54.8 Å². The summed E-state index contributed by atoms with van der Waals surface area (Å²) in [7, 11) is 0. The zero-order chi connectivity index (χ0) is 17.3. The molecule has 2 saturated heterocycles. The maximum absolute atomic E-state index is 12.7. The molecule has 136 valence electrons. The van der Waals surface area contributed by atoms with Crippen LogP contribution in [0.5, 0.6) is 0 Å². The number of ether oxygens (including phenoxy) is 2. The molecule has 5 heteroatoms. The number of carbonyl (C=O) groups excluding carboxylic acids is 1. The van der Waals surface area contributed by atoms with Crippen LogP contribution >= 0.6 is 0 Å². The van der Waals surface area contributed by atoms with Gasteiger partial charge in [-0.3, -0.25) is 9.78 Å². The Balaban J connectivity index is 1.27. The van der Waals surface area contributed by atoms with Gasteiger partial charge in [0.1, 0.15) is 0 Å². The summed E-state index contributed by atoms with van der Waals surface area (Å²) in [5.41, 5.74) is 1.97. The van der Waals surface area contributed by atoms with Crippen LogP contribution in [0.15, 0.2) is 18.5 Å². The summed E-state index contributed by atoms with van der Waals surface area (Å²) in [4.78, 5) is 18.8. The number of amides is 1. The minimum Gasteiger partial charge on any atom is -0.378 e. The molecule has 3 aliphatic rings. The molecule has 1 saturated carbocycles. The highest BCUT2D eigenvalue weighted by Gasteiger charge is 2.43. The Morgan fingerprint density at radius 2 is 2.12 bits per heavy atom. The number of hydrogen-bond acceptors (Lipinski definition) is 4. The van der Waals surface area contributed by atoms with E-state index in [4.69, 9.17) is 9.47 Å². The van der Waals surface area contributed by atoms with Crippen LogP contribution in [0.2, 0.25) is 0 Å². The van der Waals surface area contributed by atoms with Crippen molar-refractivity contribution in [1.82, 2.24) is 9.88 Å². The van der Waals surface area contributed by atoms with Gasteiger partial charge in [0.25, 0.3) is 5.91 Å². The fourth-order valence-corrected chi connectivity index (χ4v) is 4.04. The van der Waals surface area contributed by atoms with E-state index in [0.29, 0.717) is 5.56 Å². The maximum atomic E-state index is 12.7. The van der Waals surface area contributed by atoms with E-state index in [1.165, 1.54) is 12.8 Å². The molecule has 5 nitrogen and oxygen atoms in total. The number of carbonyl (C=O) groups is 1. The quantitative estimate of drug-likeness (QED) is 0.824. The Hall–Kier alpha value is -1.46. The van der Waals surface area contributed by atoms with Gasteiger partial charge in [-0.25, -0.2) is 0 Å². The average Bonchev–Trinajstić information content (AvgIpc) is 3.36. The van der Waals surface area contributed by atoms with Crippen molar-refractivity contribution in [3.63, 3.8) is 0 Å². The van der Waals surface area contributed by atoms with E-state index >= 15 is 0 Å². The van der Waals surface area contributed by atoms with E-state index in [2.05, 4.69) is 4.98 Å². The first-order valence-corrected chi connectivity index (χ1v) is 9.54. The van der Waals surface area contributed by atoms with Gasteiger partial charge in [0.2, 0.25) is 0 Å². The second-order valence-corrected chi connectivity index (χ2v) is 8.16. The lowest BCUT2D eigenvalue weighted by molar-refractivity contribution is 0.00938. The van der Waals surface area contributed by atoms with Gasteiger partial charge < -0.3 is 14.4 Å². The number of rotatable bonds is 5. The third-order valence-corrected chi connectivity index (χ3v) is 5.87. The molecule has 4 rings (SSSR count). The zero-order valence-electron chi connectivity index (χ0n) is 15.1. The molecule has 0 bridgehead atoms. The molecule has 1 spiro atoms. The molecule has 1 amide bonds. The number of hydrogen-bond donors (Lipinski definition) is 0. The molecule has 0 aromatic carbocycles. The Morgan fingerprint density at radius 3 is 2.84 bits per heavy atom. The number of likely N-dealkylation sites (tertiary alicyclic amines) is 1. The number of aromatic nitrogens is 1. The average molecular weight is 344 g/mol. The molecule has 0 radical (unpaired) electrons. The topological polar surface area (TPSA) is 51.7 Å². The van der Waals surface area contributed by atoms with Crippen LogP contribution in [0.1, 0.15) is 48.0 Å². The van der Waals surface area contributed by atoms with Crippen molar-refractivity contribution in [3.8, 4) is 0 Å². The first kappa shape index (κ1) is 17.0. The van der Waals surface area contributed by atoms with Crippen molar-refractivity contribution in [2.75, 3.05) is 32.9 Å². The van der Waals surface area contributed by atoms with Gasteiger partial charge in [0.05, 0.1) is 24.9 Å². The van der Waals surface area contributed by atoms with Crippen LogP contribution in [0.4, 0.5) is 0 Å². The molecule has 2 aliphatic heterocycles. The second-order valence-electron chi connectivity index (χ2n) is 8.16. The molecule has 1 aromatic rings. The molecular formula is C20H28N2O3. The molecule has 3 heterocycles. The number of pyridine rings is 1. The van der Waals surface area contributed by atoms with E-state index in [0.717, 1.165) is 63.7 Å². The summed E-state index contributed by atoms with van der Waals surface area (Å²) < 4.78 is 11.8. The molecule has 1 aromatic heterocycles. The Bertz CT molecular complexity index is 621. The molecule has 0 N–H and O–H groups in total. The summed E-state index contributed by atoms with van der Waals surface area (Å²) in [5, 5.41) is 0. The van der Waals surface area contributed by atoms with Gasteiger partial charge in [-0.15, -0.1) is 0 Å². The lowest BCUT2D eigenvalue weighted by atomic mass is 9.76. The molecule has 3 fully saturated rings. The standard InChI is InChI=1S/C20H28N2O3/c1-15-8-17(11-21-10-15)19(23)22-6-4-20(5-7-22)9-18(25-14-20)13-24-12-16-2-3-16/h8,10-11,16,18H,2-7,9,12-14H2,1H3/t18-/m1/s1. The summed E-state index contributed by atoms with van der Waals surface area (Å²) in [5.74, 6) is 0.912. The van der Waals surface area contributed by atoms with Gasteiger partial charge in [-0.05, 0) is 62.0 Å². The zero-order valence-corrected chi connectivity index (χ0v) is 15.1. The van der Waals surface area contributed by atoms with Crippen molar-refractivity contribution < 1.29 is 14.3 Å². The SMILES string of the molecule is Cc1cncc(C(=O)N2CCC3(CC2)CO[C@@H](COCC2CC2)C3)c1. The van der Waals surface area contributed by atoms with Crippen LogP contribution in [0.3, 0.4) is 0 Å². The summed E-state index contributed by atoms with van der Waals surface area (Å²) in [6.45, 7) is 6.04. The second kappa shape index (κ2) is 7.04. The molecule has 1 atom stereocenters. The normalized spacial score (nSPS) is 25.5. The minimum atomic E-state index is 0.106. The van der Waals surface area contributed by atoms with Gasteiger partial charge in [0, 0.05) is 32.1 Å². The van der Waals surface area contributed by atoms with Gasteiger partial charge >= 0.3 is 0 Å². The summed E-state index contributed by atoms with van der Waals surface area (Å²) in [6, 6.07) is 1.92. The highest BCUT2D eigenvalue weighted by Crippen LogP contribution is 2.42. The number of aryl methyl sites for hydroxylation is 1. The van der Waals surface area contributed by atoms with E-state index in [1.54, 1.807) is 12.4 Å². The van der Waals surface area contributed by atoms with Crippen molar-refractivity contribution in [2.24, 2.45) is 11.3 Å². The third kappa shape index (κ3) is 4.04. The Labute approximate surface area is 149 Å². The molecule has 25 heavy (non-hydrogen) atoms. The fraction of sp³-hybridized carbons (Fsp3) is 0.700. The van der Waals surface area contributed by atoms with Crippen LogP contribution < -0.4 is 0 Å². The number of nitrogens with zero attached hydrogens (tertiary/aromatic N) is 2. The smallest absolute Gasteiger partial charge is 0.255 e. The largest absolute Gasteiger partial charge is 0.378 e. The van der Waals surface area contributed by atoms with E-state index in [9.17, 15) is 4.79 Å². The van der Waals surface area contributed by atoms with E-state index in [-0.39, 0.29) is 17.4 Å². The van der Waals surface area contributed by atoms with E-state index in [1.807, 2.05) is 17.9 Å². The van der Waals surface area contributed by atoms with Crippen molar-refractivity contribution >= 4 is 5.91 Å². The predicted octanol–water partition coefficient (Wildman–Crippen LogP) is 2.83. The Morgan fingerprint density at radius 1 is 1.32 bits per heavy atom. The first-order chi connectivity index (χ1) is 12.1. The van der Waals surface area contributed by atoms with Gasteiger partial charge in [0.15, 0.2) is 0 Å². The van der Waals surface area contributed by atoms with E-state index < -0.39 is 0 Å². The predicted molar refractivity (Wildman–Crippen MR) is 94.4 cm³/mol. The first-order valence-electron chi connectivity index (χ1n) is 9.54. The lowest BCUT2D eigenvalue weighted by Crippen LogP contribution is -2.43. The van der Waals surface area contributed by atoms with Crippen molar-refractivity contribution in [3.05, 3.63) is 29.6 Å². The lowest BCUT2D eigenvalue weighted by Gasteiger charge is -2.38. The van der Waals surface area contributed by atoms with Gasteiger partial charge in [-0.1, -0.05) is 0 Å². The molecule has 0 unspecified atom stereocenters. The monoisotopic (exact) mass is 344 g/mol. The van der Waals surface area contributed by atoms with Gasteiger partial charge in [-0.2, -0.15) is 0 Å². The summed E-state index contributed by atoms with van der Waals surface area (Å²) in [6.07, 6.45) is 9.47. The highest BCUT2D eigenvalue weighted by atomic mass is 16.5. The molecule has 1 aliphatic carbocycles. The highest BCUT2D eigenvalue weighted by molar-refractivity contribution is 5.94.